The van der Waals surface area contributed by atoms with Gasteiger partial charge in [0.15, 0.2) is 5.17 Å². The maximum absolute atomic E-state index is 12.9. The first kappa shape index (κ1) is 16.9. The van der Waals surface area contributed by atoms with Crippen LogP contribution < -0.4 is 10.6 Å². The first-order valence-corrected chi connectivity index (χ1v) is 8.15. The van der Waals surface area contributed by atoms with Gasteiger partial charge in [-0.2, -0.15) is 5.10 Å². The molecule has 128 valence electrons. The fourth-order valence-corrected chi connectivity index (χ4v) is 2.94. The van der Waals surface area contributed by atoms with Crippen molar-refractivity contribution in [3.8, 4) is 0 Å². The molecule has 1 saturated heterocycles. The van der Waals surface area contributed by atoms with Crippen LogP contribution in [0.15, 0.2) is 57.3 Å². The van der Waals surface area contributed by atoms with Crippen LogP contribution in [0.2, 0.25) is 0 Å². The van der Waals surface area contributed by atoms with Gasteiger partial charge in [0.1, 0.15) is 16.8 Å². The van der Waals surface area contributed by atoms with Crippen LogP contribution in [0.5, 0.6) is 0 Å². The van der Waals surface area contributed by atoms with Crippen molar-refractivity contribution in [2.24, 2.45) is 10.2 Å². The zero-order valence-electron chi connectivity index (χ0n) is 12.8. The van der Waals surface area contributed by atoms with Crippen molar-refractivity contribution in [2.45, 2.75) is 11.7 Å². The summed E-state index contributed by atoms with van der Waals surface area (Å²) in [5.74, 6) is -0.575. The maximum Gasteiger partial charge on any atom is 0.238 e. The molecule has 0 spiro atoms. The molecule has 0 saturated carbocycles. The average molecular weight is 360 g/mol. The highest BCUT2D eigenvalue weighted by molar-refractivity contribution is 8.15. The number of halogens is 1. The summed E-state index contributed by atoms with van der Waals surface area (Å²) in [5, 5.41) is 12.5. The van der Waals surface area contributed by atoms with Gasteiger partial charge in [0.05, 0.1) is 12.5 Å². The Hall–Kier alpha value is -2.94. The molecule has 1 aromatic carbocycles. The summed E-state index contributed by atoms with van der Waals surface area (Å²) >= 11 is 1.09. The topological polar surface area (TPSA) is 96.1 Å². The first-order chi connectivity index (χ1) is 12.1. The number of nitrogens with one attached hydrogen (secondary N) is 2. The van der Waals surface area contributed by atoms with Gasteiger partial charge in [-0.3, -0.25) is 9.59 Å². The number of carbonyl (C=O) groups excluding carboxylic acids is 2. The van der Waals surface area contributed by atoms with Crippen molar-refractivity contribution >= 4 is 40.6 Å². The highest BCUT2D eigenvalue weighted by atomic mass is 32.2. The molecule has 2 heterocycles. The lowest BCUT2D eigenvalue weighted by Gasteiger charge is -2.21. The van der Waals surface area contributed by atoms with Gasteiger partial charge in [-0.05, 0) is 36.4 Å². The Morgan fingerprint density at radius 1 is 1.36 bits per heavy atom. The normalized spacial score (nSPS) is 19.2. The zero-order chi connectivity index (χ0) is 17.6. The van der Waals surface area contributed by atoms with Crippen molar-refractivity contribution in [3.05, 3.63) is 54.2 Å². The molecule has 25 heavy (non-hydrogen) atoms. The highest BCUT2D eigenvalue weighted by Gasteiger charge is 2.30. The monoisotopic (exact) mass is 360 g/mol. The van der Waals surface area contributed by atoms with E-state index in [2.05, 4.69) is 20.8 Å². The number of amides is 2. The summed E-state index contributed by atoms with van der Waals surface area (Å²) in [6.07, 6.45) is 2.90. The molecule has 1 aliphatic rings. The molecule has 1 atom stereocenters. The van der Waals surface area contributed by atoms with E-state index in [4.69, 9.17) is 4.42 Å². The Morgan fingerprint density at radius 2 is 2.16 bits per heavy atom. The van der Waals surface area contributed by atoms with Gasteiger partial charge in [0.2, 0.25) is 11.8 Å². The standard InChI is InChI=1S/C16H13FN4O3S/c17-10-3-5-11(6-4-10)19-15(23)13-8-14(22)20-16(25-13)21-18-9-12-2-1-7-24-12/h1-7,9,13H,8H2,(H,19,23)(H,20,21,22). The molecule has 2 aromatic rings. The van der Waals surface area contributed by atoms with Gasteiger partial charge in [0.25, 0.3) is 0 Å². The van der Waals surface area contributed by atoms with Crippen LogP contribution in [0.1, 0.15) is 12.2 Å². The van der Waals surface area contributed by atoms with E-state index < -0.39 is 11.1 Å². The molecule has 9 heteroatoms. The van der Waals surface area contributed by atoms with E-state index in [0.29, 0.717) is 11.4 Å². The number of carbonyl (C=O) groups is 2. The largest absolute Gasteiger partial charge is 0.463 e. The molecule has 0 aliphatic carbocycles. The predicted molar refractivity (Wildman–Crippen MR) is 92.9 cm³/mol. The van der Waals surface area contributed by atoms with Crippen LogP contribution >= 0.6 is 11.8 Å². The third kappa shape index (κ3) is 4.77. The molecule has 7 nitrogen and oxygen atoms in total. The molecule has 0 radical (unpaired) electrons. The third-order valence-corrected chi connectivity index (χ3v) is 4.22. The smallest absolute Gasteiger partial charge is 0.238 e. The van der Waals surface area contributed by atoms with Gasteiger partial charge in [-0.1, -0.05) is 11.8 Å². The molecular formula is C16H13FN4O3S. The van der Waals surface area contributed by atoms with Crippen molar-refractivity contribution < 1.29 is 18.4 Å². The predicted octanol–water partition coefficient (Wildman–Crippen LogP) is 2.37. The van der Waals surface area contributed by atoms with Gasteiger partial charge < -0.3 is 15.1 Å². The Bertz CT molecular complexity index is 818. The van der Waals surface area contributed by atoms with E-state index in [-0.39, 0.29) is 23.4 Å². The van der Waals surface area contributed by atoms with E-state index in [1.54, 1.807) is 12.1 Å². The average Bonchev–Trinajstić information content (AvgIpc) is 3.10. The summed E-state index contributed by atoms with van der Waals surface area (Å²) in [4.78, 5) is 24.1. The van der Waals surface area contributed by atoms with E-state index in [1.165, 1.54) is 36.7 Å². The summed E-state index contributed by atoms with van der Waals surface area (Å²) in [7, 11) is 0. The molecule has 1 fully saturated rings. The summed E-state index contributed by atoms with van der Waals surface area (Å²) < 4.78 is 18.0. The quantitative estimate of drug-likeness (QED) is 0.646. The molecule has 1 aromatic heterocycles. The molecule has 1 unspecified atom stereocenters. The number of rotatable bonds is 4. The minimum absolute atomic E-state index is 0.0125. The fourth-order valence-electron chi connectivity index (χ4n) is 2.00. The fraction of sp³-hybridized carbons (Fsp3) is 0.125. The number of anilines is 1. The number of hydrogen-bond donors (Lipinski definition) is 2. The van der Waals surface area contributed by atoms with Crippen LogP contribution in [0.4, 0.5) is 10.1 Å². The van der Waals surface area contributed by atoms with E-state index in [1.807, 2.05) is 0 Å². The summed E-state index contributed by atoms with van der Waals surface area (Å²) in [5.41, 5.74) is 0.451. The molecule has 2 amide bonds. The summed E-state index contributed by atoms with van der Waals surface area (Å²) in [6, 6.07) is 8.79. The Kier molecular flexibility index (Phi) is 5.24. The van der Waals surface area contributed by atoms with Crippen LogP contribution in [0, 0.1) is 5.82 Å². The minimum Gasteiger partial charge on any atom is -0.463 e. The second-order valence-corrected chi connectivity index (χ2v) is 6.21. The van der Waals surface area contributed by atoms with E-state index in [9.17, 15) is 14.0 Å². The maximum atomic E-state index is 12.9. The zero-order valence-corrected chi connectivity index (χ0v) is 13.6. The van der Waals surface area contributed by atoms with Crippen LogP contribution in [0.3, 0.4) is 0 Å². The van der Waals surface area contributed by atoms with Crippen LogP contribution in [0.25, 0.3) is 0 Å². The van der Waals surface area contributed by atoms with Gasteiger partial charge in [-0.15, -0.1) is 5.10 Å². The lowest BCUT2D eigenvalue weighted by Crippen LogP contribution is -2.41. The van der Waals surface area contributed by atoms with Crippen molar-refractivity contribution in [2.75, 3.05) is 5.32 Å². The SMILES string of the molecule is O=C1CC(C(=O)Nc2ccc(F)cc2)S/C(=N/N=Cc2ccco2)N1. The molecule has 2 N–H and O–H groups in total. The number of benzene rings is 1. The Morgan fingerprint density at radius 3 is 2.88 bits per heavy atom. The molecule has 1 aliphatic heterocycles. The van der Waals surface area contributed by atoms with Crippen LogP contribution in [-0.4, -0.2) is 28.4 Å². The number of thioether (sulfide) groups is 1. The molecule has 3 rings (SSSR count). The van der Waals surface area contributed by atoms with Crippen molar-refractivity contribution in [1.29, 1.82) is 0 Å². The Balaban J connectivity index is 1.64. The van der Waals surface area contributed by atoms with E-state index >= 15 is 0 Å². The summed E-state index contributed by atoms with van der Waals surface area (Å²) in [6.45, 7) is 0. The highest BCUT2D eigenvalue weighted by Crippen LogP contribution is 2.22. The minimum atomic E-state index is -0.656. The van der Waals surface area contributed by atoms with E-state index in [0.717, 1.165) is 11.8 Å². The van der Waals surface area contributed by atoms with Crippen LogP contribution in [-0.2, 0) is 9.59 Å². The number of furan rings is 1. The first-order valence-electron chi connectivity index (χ1n) is 7.27. The molecule has 0 bridgehead atoms. The number of nitrogens with zero attached hydrogens (tertiary/aromatic N) is 2. The second kappa shape index (κ2) is 7.75. The Labute approximate surface area is 146 Å². The third-order valence-electron chi connectivity index (χ3n) is 3.15. The molecular weight excluding hydrogens is 347 g/mol. The van der Waals surface area contributed by atoms with Gasteiger partial charge in [-0.25, -0.2) is 4.39 Å². The number of hydrogen-bond acceptors (Lipinski definition) is 6. The van der Waals surface area contributed by atoms with Crippen molar-refractivity contribution in [3.63, 3.8) is 0 Å². The second-order valence-electron chi connectivity index (χ2n) is 5.02. The lowest BCUT2D eigenvalue weighted by molar-refractivity contribution is -0.123. The number of amidine groups is 1. The lowest BCUT2D eigenvalue weighted by atomic mass is 10.2. The van der Waals surface area contributed by atoms with Crippen molar-refractivity contribution in [1.82, 2.24) is 5.32 Å². The van der Waals surface area contributed by atoms with Gasteiger partial charge in [0, 0.05) is 12.1 Å². The van der Waals surface area contributed by atoms with Gasteiger partial charge >= 0.3 is 0 Å².